The third-order valence-corrected chi connectivity index (χ3v) is 6.06. The third-order valence-electron chi connectivity index (χ3n) is 3.69. The number of ether oxygens (including phenoxy) is 3. The normalized spacial score (nSPS) is 11.0. The maximum Gasteiger partial charge on any atom is 0.141 e. The van der Waals surface area contributed by atoms with Gasteiger partial charge in [0, 0.05) is 25.3 Å². The largest absolute Gasteiger partial charge is 0.455 e. The molecule has 0 amide bonds. The van der Waals surface area contributed by atoms with Crippen LogP contribution in [0.15, 0.2) is 24.3 Å². The van der Waals surface area contributed by atoms with Gasteiger partial charge in [0.2, 0.25) is 0 Å². The monoisotopic (exact) mass is 574 g/mol. The van der Waals surface area contributed by atoms with E-state index in [1.54, 1.807) is 38.5 Å². The van der Waals surface area contributed by atoms with Crippen molar-refractivity contribution in [1.82, 2.24) is 0 Å². The first-order chi connectivity index (χ1) is 12.1. The molecule has 0 aromatic heterocycles. The molecule has 2 aromatic carbocycles. The van der Waals surface area contributed by atoms with Crippen LogP contribution in [0, 0.1) is 7.14 Å². The van der Waals surface area contributed by atoms with Crippen molar-refractivity contribution in [2.75, 3.05) is 14.2 Å². The summed E-state index contributed by atoms with van der Waals surface area (Å²) in [7, 11) is 3.14. The Morgan fingerprint density at radius 2 is 1.16 bits per heavy atom. The zero-order valence-electron chi connectivity index (χ0n) is 13.9. The highest BCUT2D eigenvalue weighted by Gasteiger charge is 2.17. The van der Waals surface area contributed by atoms with E-state index in [-0.39, 0.29) is 0 Å². The standard InChI is InChI=1S/C18H18F2I2O3/c1-23-9-13-11(7-19)3-5-15(17(13)21)25-16-6-4-12(8-20)14(10-24-2)18(16)22/h3-6H,7-10H2,1-2H3. The summed E-state index contributed by atoms with van der Waals surface area (Å²) in [4.78, 5) is 0. The summed E-state index contributed by atoms with van der Waals surface area (Å²) in [6.07, 6.45) is 0. The van der Waals surface area contributed by atoms with Crippen LogP contribution >= 0.6 is 45.2 Å². The second-order valence-corrected chi connectivity index (χ2v) is 7.42. The van der Waals surface area contributed by atoms with Gasteiger partial charge < -0.3 is 14.2 Å². The molecule has 0 saturated carbocycles. The van der Waals surface area contributed by atoms with Gasteiger partial charge in [-0.05, 0) is 68.4 Å². The molecule has 0 spiro atoms. The van der Waals surface area contributed by atoms with E-state index < -0.39 is 13.3 Å². The van der Waals surface area contributed by atoms with Crippen LogP contribution in [-0.4, -0.2) is 14.2 Å². The van der Waals surface area contributed by atoms with E-state index in [0.29, 0.717) is 35.8 Å². The van der Waals surface area contributed by atoms with Crippen molar-refractivity contribution in [3.8, 4) is 11.5 Å². The first-order valence-corrected chi connectivity index (χ1v) is 9.61. The molecule has 3 nitrogen and oxygen atoms in total. The lowest BCUT2D eigenvalue weighted by Crippen LogP contribution is -2.03. The summed E-state index contributed by atoms with van der Waals surface area (Å²) in [5, 5.41) is 0. The second-order valence-electron chi connectivity index (χ2n) is 5.27. The van der Waals surface area contributed by atoms with E-state index in [0.717, 1.165) is 18.3 Å². The summed E-state index contributed by atoms with van der Waals surface area (Å²) >= 11 is 4.26. The molecule has 25 heavy (non-hydrogen) atoms. The zero-order chi connectivity index (χ0) is 18.4. The predicted molar refractivity (Wildman–Crippen MR) is 109 cm³/mol. The molecule has 136 valence electrons. The van der Waals surface area contributed by atoms with Crippen LogP contribution in [0.25, 0.3) is 0 Å². The number of benzene rings is 2. The van der Waals surface area contributed by atoms with Crippen molar-refractivity contribution in [3.05, 3.63) is 53.7 Å². The van der Waals surface area contributed by atoms with Gasteiger partial charge in [-0.15, -0.1) is 0 Å². The molecule has 0 fully saturated rings. The van der Waals surface area contributed by atoms with Gasteiger partial charge >= 0.3 is 0 Å². The molecule has 0 saturated heterocycles. The maximum absolute atomic E-state index is 13.2. The lowest BCUT2D eigenvalue weighted by Gasteiger charge is -2.17. The molecule has 0 aliphatic rings. The zero-order valence-corrected chi connectivity index (χ0v) is 18.2. The number of methoxy groups -OCH3 is 2. The quantitative estimate of drug-likeness (QED) is 0.367. The summed E-state index contributed by atoms with van der Waals surface area (Å²) in [6.45, 7) is -0.506. The SMILES string of the molecule is COCc1c(CF)ccc(Oc2ccc(CF)c(COC)c2I)c1I. The fourth-order valence-electron chi connectivity index (χ4n) is 2.41. The van der Waals surface area contributed by atoms with Crippen molar-refractivity contribution in [2.24, 2.45) is 0 Å². The smallest absolute Gasteiger partial charge is 0.141 e. The van der Waals surface area contributed by atoms with Crippen molar-refractivity contribution < 1.29 is 23.0 Å². The highest BCUT2D eigenvalue weighted by Crippen LogP contribution is 2.36. The van der Waals surface area contributed by atoms with Gasteiger partial charge in [0.15, 0.2) is 0 Å². The minimum absolute atomic E-state index is 0.307. The molecule has 0 bridgehead atoms. The molecule has 2 rings (SSSR count). The molecule has 2 aromatic rings. The molecule has 0 unspecified atom stereocenters. The fourth-order valence-corrected chi connectivity index (χ4v) is 3.99. The van der Waals surface area contributed by atoms with Gasteiger partial charge in [0.25, 0.3) is 0 Å². The maximum atomic E-state index is 13.2. The first kappa shape index (κ1) is 20.8. The van der Waals surface area contributed by atoms with E-state index >= 15 is 0 Å². The van der Waals surface area contributed by atoms with E-state index in [1.807, 2.05) is 0 Å². The highest BCUT2D eigenvalue weighted by atomic mass is 127. The Balaban J connectivity index is 2.43. The first-order valence-electron chi connectivity index (χ1n) is 7.45. The number of hydrogen-bond donors (Lipinski definition) is 0. The Morgan fingerprint density at radius 1 is 0.760 bits per heavy atom. The Bertz CT molecular complexity index is 677. The number of rotatable bonds is 8. The van der Waals surface area contributed by atoms with Gasteiger partial charge in [0.1, 0.15) is 24.8 Å². The summed E-state index contributed by atoms with van der Waals surface area (Å²) < 4.78 is 44.4. The molecular weight excluding hydrogens is 556 g/mol. The summed E-state index contributed by atoms with van der Waals surface area (Å²) in [5.74, 6) is 1.22. The lowest BCUT2D eigenvalue weighted by atomic mass is 10.1. The van der Waals surface area contributed by atoms with E-state index in [9.17, 15) is 8.78 Å². The fraction of sp³-hybridized carbons (Fsp3) is 0.333. The third kappa shape index (κ3) is 4.81. The van der Waals surface area contributed by atoms with Crippen LogP contribution in [0.5, 0.6) is 11.5 Å². The number of hydrogen-bond acceptors (Lipinski definition) is 3. The molecule has 0 N–H and O–H groups in total. The van der Waals surface area contributed by atoms with Gasteiger partial charge in [-0.3, -0.25) is 0 Å². The number of halogens is 4. The van der Waals surface area contributed by atoms with E-state index in [2.05, 4.69) is 45.2 Å². The topological polar surface area (TPSA) is 27.7 Å². The van der Waals surface area contributed by atoms with Gasteiger partial charge in [-0.1, -0.05) is 12.1 Å². The van der Waals surface area contributed by atoms with E-state index in [4.69, 9.17) is 14.2 Å². The molecular formula is C18H18F2I2O3. The summed E-state index contributed by atoms with van der Waals surface area (Å²) in [6, 6.07) is 6.88. The second kappa shape index (κ2) is 9.98. The van der Waals surface area contributed by atoms with Gasteiger partial charge in [-0.2, -0.15) is 0 Å². The minimum atomic E-state index is -0.560. The summed E-state index contributed by atoms with van der Waals surface area (Å²) in [5.41, 5.74) is 2.72. The van der Waals surface area contributed by atoms with Crippen LogP contribution < -0.4 is 4.74 Å². The van der Waals surface area contributed by atoms with Crippen LogP contribution in [0.2, 0.25) is 0 Å². The molecule has 0 aliphatic heterocycles. The lowest BCUT2D eigenvalue weighted by molar-refractivity contribution is 0.182. The Kier molecular flexibility index (Phi) is 8.30. The van der Waals surface area contributed by atoms with Crippen LogP contribution in [-0.2, 0) is 36.0 Å². The highest BCUT2D eigenvalue weighted by molar-refractivity contribution is 14.1. The average Bonchev–Trinajstić information content (AvgIpc) is 2.62. The minimum Gasteiger partial charge on any atom is -0.455 e. The molecule has 0 aliphatic carbocycles. The van der Waals surface area contributed by atoms with Crippen LogP contribution in [0.4, 0.5) is 8.78 Å². The Hall–Kier alpha value is -0.520. The van der Waals surface area contributed by atoms with Crippen molar-refractivity contribution in [2.45, 2.75) is 26.6 Å². The molecule has 0 heterocycles. The van der Waals surface area contributed by atoms with Crippen molar-refractivity contribution in [1.29, 1.82) is 0 Å². The number of alkyl halides is 2. The van der Waals surface area contributed by atoms with Crippen molar-refractivity contribution in [3.63, 3.8) is 0 Å². The van der Waals surface area contributed by atoms with Crippen LogP contribution in [0.3, 0.4) is 0 Å². The predicted octanol–water partition coefficient (Wildman–Crippen LogP) is 5.92. The van der Waals surface area contributed by atoms with Crippen LogP contribution in [0.1, 0.15) is 22.3 Å². The van der Waals surface area contributed by atoms with Gasteiger partial charge in [0.05, 0.1) is 20.4 Å². The van der Waals surface area contributed by atoms with Gasteiger partial charge in [-0.25, -0.2) is 8.78 Å². The van der Waals surface area contributed by atoms with Crippen molar-refractivity contribution >= 4 is 45.2 Å². The Labute approximate surface area is 173 Å². The molecule has 0 radical (unpaired) electrons. The Morgan fingerprint density at radius 3 is 1.48 bits per heavy atom. The molecule has 0 atom stereocenters. The molecule has 7 heteroatoms. The van der Waals surface area contributed by atoms with E-state index in [1.165, 1.54) is 0 Å². The average molecular weight is 574 g/mol.